The number of nitrogens with one attached hydrogen (secondary N) is 1. The number of nitrogens with zero attached hydrogens (tertiary/aromatic N) is 1. The Bertz CT molecular complexity index is 1430. The van der Waals surface area contributed by atoms with E-state index < -0.39 is 5.92 Å². The summed E-state index contributed by atoms with van der Waals surface area (Å²) in [6.45, 7) is 10.3. The van der Waals surface area contributed by atoms with Gasteiger partial charge in [-0.1, -0.05) is 52.0 Å². The number of allylic oxidation sites excluding steroid dienone is 4. The number of hydrogen-bond acceptors (Lipinski definition) is 5. The van der Waals surface area contributed by atoms with Crippen molar-refractivity contribution in [3.8, 4) is 5.75 Å². The van der Waals surface area contributed by atoms with Crippen molar-refractivity contribution in [1.29, 1.82) is 0 Å². The van der Waals surface area contributed by atoms with Crippen LogP contribution in [0.4, 0.5) is 5.69 Å². The van der Waals surface area contributed by atoms with Crippen molar-refractivity contribution in [2.75, 3.05) is 19.0 Å². The lowest BCUT2D eigenvalue weighted by molar-refractivity contribution is -0.120. The Morgan fingerprint density at radius 3 is 2.08 bits per heavy atom. The maximum atomic E-state index is 13.7. The van der Waals surface area contributed by atoms with Crippen LogP contribution in [0.1, 0.15) is 70.4 Å². The number of carbonyl (C=O) groups is 3. The number of halogens is 1. The zero-order valence-electron chi connectivity index (χ0n) is 24.1. The first-order chi connectivity index (χ1) is 18.8. The number of carbonyl (C=O) groups excluding carboxylic acids is 3. The number of benzene rings is 2. The number of anilines is 1. The Labute approximate surface area is 245 Å². The smallest absolute Gasteiger partial charge is 0.262 e. The Hall–Kier alpha value is -3.19. The highest BCUT2D eigenvalue weighted by molar-refractivity contribution is 9.10. The second kappa shape index (κ2) is 10.3. The van der Waals surface area contributed by atoms with E-state index in [2.05, 4.69) is 53.8 Å². The minimum Gasteiger partial charge on any atom is -0.483 e. The van der Waals surface area contributed by atoms with Crippen LogP contribution in [0.3, 0.4) is 0 Å². The molecule has 2 aromatic rings. The summed E-state index contributed by atoms with van der Waals surface area (Å²) in [6, 6.07) is 13.3. The maximum Gasteiger partial charge on any atom is 0.262 e. The average Bonchev–Trinajstić information content (AvgIpc) is 2.85. The molecule has 0 radical (unpaired) electrons. The molecule has 1 aliphatic heterocycles. The Morgan fingerprint density at radius 2 is 1.52 bits per heavy atom. The molecule has 40 heavy (non-hydrogen) atoms. The maximum absolute atomic E-state index is 13.7. The zero-order chi connectivity index (χ0) is 29.0. The van der Waals surface area contributed by atoms with Crippen LogP contribution < -0.4 is 10.1 Å². The molecule has 2 aromatic carbocycles. The van der Waals surface area contributed by atoms with Gasteiger partial charge in [-0.25, -0.2) is 0 Å². The van der Waals surface area contributed by atoms with Crippen molar-refractivity contribution in [1.82, 2.24) is 4.90 Å². The predicted molar refractivity (Wildman–Crippen MR) is 160 cm³/mol. The predicted octanol–water partition coefficient (Wildman–Crippen LogP) is 7.09. The summed E-state index contributed by atoms with van der Waals surface area (Å²) in [5, 5.41) is 2.88. The first kappa shape index (κ1) is 28.3. The van der Waals surface area contributed by atoms with Crippen molar-refractivity contribution >= 4 is 39.1 Å². The lowest BCUT2D eigenvalue weighted by atomic mass is 9.64. The molecule has 0 bridgehead atoms. The van der Waals surface area contributed by atoms with Crippen molar-refractivity contribution in [2.24, 2.45) is 10.8 Å². The highest BCUT2D eigenvalue weighted by Gasteiger charge is 2.48. The highest BCUT2D eigenvalue weighted by atomic mass is 79.9. The number of ether oxygens (including phenoxy) is 1. The molecule has 0 aromatic heterocycles. The van der Waals surface area contributed by atoms with E-state index in [0.29, 0.717) is 23.1 Å². The first-order valence-electron chi connectivity index (χ1n) is 13.8. The standard InChI is InChI=1S/C33H37BrN2O4/c1-19-9-7-8-10-22(19)35-28(39)18-40-27-12-11-20(13-21(27)34)29-30-23(14-32(2,3)16-25(30)37)36(6)24-15-33(4,5)17-26(38)31(24)29/h7-13,29H,14-18H2,1-6H3,(H,35,39). The molecule has 1 heterocycles. The first-order valence-corrected chi connectivity index (χ1v) is 14.6. The minimum absolute atomic E-state index is 0.108. The van der Waals surface area contributed by atoms with Crippen molar-refractivity contribution in [3.05, 3.63) is 80.6 Å². The molecule has 0 saturated heterocycles. The van der Waals surface area contributed by atoms with E-state index in [1.807, 2.05) is 56.4 Å². The number of aryl methyl sites for hydroxylation is 1. The molecule has 0 spiro atoms. The van der Waals surface area contributed by atoms with Crippen LogP contribution in [0, 0.1) is 17.8 Å². The van der Waals surface area contributed by atoms with Gasteiger partial charge in [0.25, 0.3) is 5.91 Å². The largest absolute Gasteiger partial charge is 0.483 e. The van der Waals surface area contributed by atoms with Crippen molar-refractivity contribution in [2.45, 2.75) is 66.2 Å². The number of hydrogen-bond donors (Lipinski definition) is 1. The van der Waals surface area contributed by atoms with Gasteiger partial charge in [0, 0.05) is 54.0 Å². The zero-order valence-corrected chi connectivity index (χ0v) is 25.7. The molecule has 7 heteroatoms. The van der Waals surface area contributed by atoms with Crippen LogP contribution in [-0.4, -0.2) is 36.0 Å². The van der Waals surface area contributed by atoms with Crippen molar-refractivity contribution in [3.63, 3.8) is 0 Å². The van der Waals surface area contributed by atoms with Crippen LogP contribution in [0.5, 0.6) is 5.75 Å². The lowest BCUT2D eigenvalue weighted by Crippen LogP contribution is -2.43. The van der Waals surface area contributed by atoms with E-state index in [1.54, 1.807) is 0 Å². The second-order valence-corrected chi connectivity index (χ2v) is 13.8. The summed E-state index contributed by atoms with van der Waals surface area (Å²) in [5.74, 6) is 0.0690. The van der Waals surface area contributed by atoms with E-state index in [1.165, 1.54) is 0 Å². The van der Waals surface area contributed by atoms with Gasteiger partial charge in [0.1, 0.15) is 5.75 Å². The van der Waals surface area contributed by atoms with Crippen LogP contribution in [0.15, 0.2) is 69.5 Å². The monoisotopic (exact) mass is 604 g/mol. The van der Waals surface area contributed by atoms with Gasteiger partial charge in [0.05, 0.1) is 4.47 Å². The highest BCUT2D eigenvalue weighted by Crippen LogP contribution is 2.54. The molecular weight excluding hydrogens is 568 g/mol. The molecule has 6 nitrogen and oxygen atoms in total. The van der Waals surface area contributed by atoms with Crippen LogP contribution in [-0.2, 0) is 14.4 Å². The van der Waals surface area contributed by atoms with Gasteiger partial charge in [-0.3, -0.25) is 14.4 Å². The third kappa shape index (κ3) is 5.40. The Balaban J connectivity index is 1.47. The topological polar surface area (TPSA) is 75.7 Å². The Kier molecular flexibility index (Phi) is 7.32. The number of amides is 1. The molecular formula is C33H37BrN2O4. The molecule has 3 aliphatic rings. The molecule has 0 unspecified atom stereocenters. The number of para-hydroxylation sites is 1. The molecule has 1 amide bonds. The van der Waals surface area contributed by atoms with Crippen molar-refractivity contribution < 1.29 is 19.1 Å². The van der Waals surface area contributed by atoms with E-state index in [-0.39, 0.29) is 34.9 Å². The van der Waals surface area contributed by atoms with Gasteiger partial charge in [0.2, 0.25) is 0 Å². The molecule has 1 N–H and O–H groups in total. The number of ketones is 2. The quantitative estimate of drug-likeness (QED) is 0.394. The molecule has 0 fully saturated rings. The third-order valence-electron chi connectivity index (χ3n) is 8.25. The fourth-order valence-corrected chi connectivity index (χ4v) is 6.87. The van der Waals surface area contributed by atoms with Crippen LogP contribution >= 0.6 is 15.9 Å². The molecule has 2 aliphatic carbocycles. The average molecular weight is 606 g/mol. The fourth-order valence-electron chi connectivity index (χ4n) is 6.35. The Morgan fingerprint density at radius 1 is 0.950 bits per heavy atom. The fraction of sp³-hybridized carbons (Fsp3) is 0.424. The molecule has 0 saturated carbocycles. The normalized spacial score (nSPS) is 20.3. The molecule has 5 rings (SSSR count). The van der Waals surface area contributed by atoms with Crippen LogP contribution in [0.25, 0.3) is 0 Å². The summed E-state index contributed by atoms with van der Waals surface area (Å²) in [5.41, 5.74) is 5.86. The van der Waals surface area contributed by atoms with E-state index in [4.69, 9.17) is 4.74 Å². The summed E-state index contributed by atoms with van der Waals surface area (Å²) < 4.78 is 6.53. The van der Waals surface area contributed by atoms with E-state index >= 15 is 0 Å². The molecule has 0 atom stereocenters. The number of rotatable bonds is 5. The summed E-state index contributed by atoms with van der Waals surface area (Å²) >= 11 is 3.63. The van der Waals surface area contributed by atoms with Gasteiger partial charge in [-0.15, -0.1) is 0 Å². The second-order valence-electron chi connectivity index (χ2n) is 12.9. The van der Waals surface area contributed by atoms with Gasteiger partial charge in [-0.2, -0.15) is 0 Å². The summed E-state index contributed by atoms with van der Waals surface area (Å²) in [4.78, 5) is 42.1. The number of Topliss-reactive ketones (excluding diaryl/α,β-unsaturated/α-hetero) is 2. The minimum atomic E-state index is -0.414. The van der Waals surface area contributed by atoms with Gasteiger partial charge >= 0.3 is 0 Å². The summed E-state index contributed by atoms with van der Waals surface area (Å²) in [7, 11) is 2.01. The van der Waals surface area contributed by atoms with Gasteiger partial charge in [0.15, 0.2) is 18.2 Å². The van der Waals surface area contributed by atoms with E-state index in [0.717, 1.165) is 52.2 Å². The van der Waals surface area contributed by atoms with Gasteiger partial charge < -0.3 is 15.0 Å². The SMILES string of the molecule is Cc1ccccc1NC(=O)COc1ccc(C2C3=C(CC(C)(C)CC3=O)N(C)C3=C2C(=O)CC(C)(C)C3)cc1Br. The third-order valence-corrected chi connectivity index (χ3v) is 8.87. The van der Waals surface area contributed by atoms with Crippen LogP contribution in [0.2, 0.25) is 0 Å². The lowest BCUT2D eigenvalue weighted by Gasteiger charge is -2.47. The van der Waals surface area contributed by atoms with Gasteiger partial charge in [-0.05, 0) is 75.9 Å². The summed E-state index contributed by atoms with van der Waals surface area (Å²) in [6.07, 6.45) is 2.48. The van der Waals surface area contributed by atoms with E-state index in [9.17, 15) is 14.4 Å². The molecule has 210 valence electrons.